The van der Waals surface area contributed by atoms with Gasteiger partial charge in [0.25, 0.3) is 10.0 Å². The first kappa shape index (κ1) is 31.3. The lowest BCUT2D eigenvalue weighted by atomic mass is 9.95. The Morgan fingerprint density at radius 2 is 1.48 bits per heavy atom. The molecule has 0 spiro atoms. The predicted molar refractivity (Wildman–Crippen MR) is 168 cm³/mol. The van der Waals surface area contributed by atoms with E-state index in [0.29, 0.717) is 12.1 Å². The molecule has 1 unspecified atom stereocenters. The summed E-state index contributed by atoms with van der Waals surface area (Å²) in [6.07, 6.45) is 6.42. The Kier molecular flexibility index (Phi) is 10.8. The Bertz CT molecular complexity index is 1420. The van der Waals surface area contributed by atoms with E-state index < -0.39 is 28.5 Å². The van der Waals surface area contributed by atoms with E-state index in [0.717, 1.165) is 53.1 Å². The summed E-state index contributed by atoms with van der Waals surface area (Å²) < 4.78 is 29.1. The molecule has 1 fully saturated rings. The number of carbonyl (C=O) groups is 2. The van der Waals surface area contributed by atoms with Gasteiger partial charge in [-0.15, -0.1) is 0 Å². The molecule has 3 aromatic carbocycles. The Hall–Kier alpha value is -3.65. The molecule has 1 aliphatic rings. The second kappa shape index (κ2) is 14.5. The van der Waals surface area contributed by atoms with Crippen molar-refractivity contribution < 1.29 is 18.0 Å². The number of carbonyl (C=O) groups excluding carboxylic acids is 2. The SMILES string of the molecule is CCc1ccc(N(CC(=O)N(Cc2ccc(C)cc2)C(CC)C(=O)NC2CCCCC2)S(=O)(=O)c2ccccc2)cc1. The van der Waals surface area contributed by atoms with Crippen molar-refractivity contribution in [3.05, 3.63) is 95.6 Å². The maximum absolute atomic E-state index is 14.2. The van der Waals surface area contributed by atoms with Crippen molar-refractivity contribution in [2.45, 2.75) is 89.2 Å². The van der Waals surface area contributed by atoms with Crippen molar-refractivity contribution in [3.8, 4) is 0 Å². The lowest BCUT2D eigenvalue weighted by Gasteiger charge is -2.34. The number of nitrogens with zero attached hydrogens (tertiary/aromatic N) is 2. The molecular formula is C34H43N3O4S. The molecule has 0 bridgehead atoms. The first-order valence-electron chi connectivity index (χ1n) is 15.0. The molecule has 0 heterocycles. The Morgan fingerprint density at radius 1 is 0.857 bits per heavy atom. The molecule has 1 N–H and O–H groups in total. The van der Waals surface area contributed by atoms with Crippen molar-refractivity contribution in [2.75, 3.05) is 10.8 Å². The van der Waals surface area contributed by atoms with Crippen LogP contribution in [0.5, 0.6) is 0 Å². The quantitative estimate of drug-likeness (QED) is 0.280. The van der Waals surface area contributed by atoms with Gasteiger partial charge in [-0.05, 0) is 68.0 Å². The third-order valence-electron chi connectivity index (χ3n) is 8.05. The van der Waals surface area contributed by atoms with Crippen molar-refractivity contribution in [1.82, 2.24) is 10.2 Å². The van der Waals surface area contributed by atoms with E-state index in [1.165, 1.54) is 18.6 Å². The maximum atomic E-state index is 14.2. The smallest absolute Gasteiger partial charge is 0.264 e. The molecule has 1 atom stereocenters. The van der Waals surface area contributed by atoms with Crippen LogP contribution in [0.15, 0.2) is 83.8 Å². The summed E-state index contributed by atoms with van der Waals surface area (Å²) in [6.45, 7) is 5.69. The monoisotopic (exact) mass is 589 g/mol. The Morgan fingerprint density at radius 3 is 2.07 bits per heavy atom. The molecule has 1 aliphatic carbocycles. The average Bonchev–Trinajstić information content (AvgIpc) is 3.01. The fourth-order valence-electron chi connectivity index (χ4n) is 5.50. The van der Waals surface area contributed by atoms with Crippen LogP contribution in [-0.2, 0) is 32.6 Å². The summed E-state index contributed by atoms with van der Waals surface area (Å²) in [5, 5.41) is 3.19. The number of nitrogens with one attached hydrogen (secondary N) is 1. The number of hydrogen-bond donors (Lipinski definition) is 1. The molecule has 0 aromatic heterocycles. The van der Waals surface area contributed by atoms with Gasteiger partial charge in [0.2, 0.25) is 11.8 Å². The van der Waals surface area contributed by atoms with Crippen LogP contribution in [0.4, 0.5) is 5.69 Å². The highest BCUT2D eigenvalue weighted by atomic mass is 32.2. The summed E-state index contributed by atoms with van der Waals surface area (Å²) in [5.74, 6) is -0.616. The van der Waals surface area contributed by atoms with E-state index in [1.807, 2.05) is 57.2 Å². The second-order valence-electron chi connectivity index (χ2n) is 11.1. The number of rotatable bonds is 12. The molecule has 42 heavy (non-hydrogen) atoms. The minimum absolute atomic E-state index is 0.101. The summed E-state index contributed by atoms with van der Waals surface area (Å²) >= 11 is 0. The zero-order valence-electron chi connectivity index (χ0n) is 25.0. The van der Waals surface area contributed by atoms with Crippen LogP contribution in [0.3, 0.4) is 0 Å². The summed E-state index contributed by atoms with van der Waals surface area (Å²) in [4.78, 5) is 29.5. The van der Waals surface area contributed by atoms with Crippen molar-refractivity contribution in [1.29, 1.82) is 0 Å². The molecule has 1 saturated carbocycles. The molecule has 0 aliphatic heterocycles. The van der Waals surface area contributed by atoms with E-state index in [2.05, 4.69) is 5.32 Å². The van der Waals surface area contributed by atoms with E-state index in [4.69, 9.17) is 0 Å². The molecule has 3 aromatic rings. The summed E-state index contributed by atoms with van der Waals surface area (Å²) in [6, 6.07) is 22.6. The number of sulfonamides is 1. The second-order valence-corrected chi connectivity index (χ2v) is 13.0. The van der Waals surface area contributed by atoms with Crippen LogP contribution in [-0.4, -0.2) is 43.8 Å². The lowest BCUT2D eigenvalue weighted by Crippen LogP contribution is -2.54. The first-order valence-corrected chi connectivity index (χ1v) is 16.5. The maximum Gasteiger partial charge on any atom is 0.264 e. The standard InChI is InChI=1S/C34H43N3O4S/c1-4-27-20-22-30(23-21-27)37(42(40,41)31-14-10-7-11-15-31)25-33(38)36(24-28-18-16-26(3)17-19-28)32(5-2)34(39)35-29-12-8-6-9-13-29/h7,10-11,14-23,29,32H,4-6,8-9,12-13,24-25H2,1-3H3,(H,35,39). The fourth-order valence-corrected chi connectivity index (χ4v) is 6.94. The van der Waals surface area contributed by atoms with E-state index >= 15 is 0 Å². The van der Waals surface area contributed by atoms with E-state index in [9.17, 15) is 18.0 Å². The van der Waals surface area contributed by atoms with Crippen LogP contribution in [0, 0.1) is 6.92 Å². The lowest BCUT2D eigenvalue weighted by molar-refractivity contribution is -0.140. The molecule has 8 heteroatoms. The highest BCUT2D eigenvalue weighted by Gasteiger charge is 2.34. The highest BCUT2D eigenvalue weighted by Crippen LogP contribution is 2.26. The van der Waals surface area contributed by atoms with Crippen LogP contribution >= 0.6 is 0 Å². The van der Waals surface area contributed by atoms with Crippen LogP contribution in [0.1, 0.15) is 69.1 Å². The molecule has 0 radical (unpaired) electrons. The van der Waals surface area contributed by atoms with Crippen LogP contribution in [0.2, 0.25) is 0 Å². The van der Waals surface area contributed by atoms with Gasteiger partial charge in [-0.3, -0.25) is 13.9 Å². The highest BCUT2D eigenvalue weighted by molar-refractivity contribution is 7.92. The van der Waals surface area contributed by atoms with Gasteiger partial charge < -0.3 is 10.2 Å². The molecule has 2 amide bonds. The average molecular weight is 590 g/mol. The largest absolute Gasteiger partial charge is 0.352 e. The number of amides is 2. The summed E-state index contributed by atoms with van der Waals surface area (Å²) in [5.41, 5.74) is 3.44. The van der Waals surface area contributed by atoms with Crippen molar-refractivity contribution >= 4 is 27.5 Å². The zero-order valence-corrected chi connectivity index (χ0v) is 25.8. The number of benzene rings is 3. The van der Waals surface area contributed by atoms with Crippen LogP contribution in [0.25, 0.3) is 0 Å². The Labute approximate surface area is 251 Å². The van der Waals surface area contributed by atoms with Crippen molar-refractivity contribution in [2.24, 2.45) is 0 Å². The molecule has 224 valence electrons. The summed E-state index contributed by atoms with van der Waals surface area (Å²) in [7, 11) is -4.07. The third kappa shape index (κ3) is 7.79. The van der Waals surface area contributed by atoms with Gasteiger partial charge in [-0.2, -0.15) is 0 Å². The van der Waals surface area contributed by atoms with E-state index in [1.54, 1.807) is 35.2 Å². The minimum Gasteiger partial charge on any atom is -0.352 e. The predicted octanol–water partition coefficient (Wildman–Crippen LogP) is 6.01. The van der Waals surface area contributed by atoms with Crippen molar-refractivity contribution in [3.63, 3.8) is 0 Å². The van der Waals surface area contributed by atoms with Gasteiger partial charge in [-0.1, -0.05) is 93.3 Å². The number of hydrogen-bond acceptors (Lipinski definition) is 4. The third-order valence-corrected chi connectivity index (χ3v) is 9.84. The van der Waals surface area contributed by atoms with Gasteiger partial charge >= 0.3 is 0 Å². The molecule has 7 nitrogen and oxygen atoms in total. The zero-order chi connectivity index (χ0) is 30.1. The van der Waals surface area contributed by atoms with Gasteiger partial charge in [0, 0.05) is 12.6 Å². The first-order chi connectivity index (χ1) is 20.2. The van der Waals surface area contributed by atoms with E-state index in [-0.39, 0.29) is 23.4 Å². The number of anilines is 1. The fraction of sp³-hybridized carbons (Fsp3) is 0.412. The molecular weight excluding hydrogens is 546 g/mol. The molecule has 4 rings (SSSR count). The van der Waals surface area contributed by atoms with Gasteiger partial charge in [0.05, 0.1) is 10.6 Å². The van der Waals surface area contributed by atoms with Gasteiger partial charge in [0.15, 0.2) is 0 Å². The molecule has 0 saturated heterocycles. The minimum atomic E-state index is -4.07. The Balaban J connectivity index is 1.69. The van der Waals surface area contributed by atoms with Crippen LogP contribution < -0.4 is 9.62 Å². The number of aryl methyl sites for hydroxylation is 2. The normalized spacial score (nSPS) is 14.6. The van der Waals surface area contributed by atoms with Gasteiger partial charge in [-0.25, -0.2) is 8.42 Å². The van der Waals surface area contributed by atoms with Gasteiger partial charge in [0.1, 0.15) is 12.6 Å². The topological polar surface area (TPSA) is 86.8 Å².